The van der Waals surface area contributed by atoms with Crippen LogP contribution in [0.3, 0.4) is 0 Å². The van der Waals surface area contributed by atoms with Gasteiger partial charge in [0.2, 0.25) is 0 Å². The van der Waals surface area contributed by atoms with Gasteiger partial charge < -0.3 is 5.11 Å². The number of benzene rings is 1. The molecule has 0 radical (unpaired) electrons. The van der Waals surface area contributed by atoms with Crippen LogP contribution in [-0.4, -0.2) is 39.3 Å². The Labute approximate surface area is 136 Å². The van der Waals surface area contributed by atoms with Crippen molar-refractivity contribution in [2.24, 2.45) is 12.5 Å². The van der Waals surface area contributed by atoms with Crippen LogP contribution < -0.4 is 5.56 Å². The average molecular weight is 315 g/mol. The largest absolute Gasteiger partial charge is 0.396 e. The minimum atomic E-state index is 0.0147. The molecule has 0 aliphatic carbocycles. The molecule has 0 bridgehead atoms. The normalized spacial score (nSPS) is 18.4. The molecule has 1 fully saturated rings. The molecule has 1 aliphatic heterocycles. The molecule has 1 aromatic heterocycles. The zero-order valence-corrected chi connectivity index (χ0v) is 14.0. The van der Waals surface area contributed by atoms with Crippen molar-refractivity contribution >= 4 is 10.9 Å². The molecule has 1 aromatic carbocycles. The van der Waals surface area contributed by atoms with E-state index >= 15 is 0 Å². The van der Waals surface area contributed by atoms with Crippen LogP contribution in [-0.2, 0) is 13.6 Å². The number of aliphatic hydroxyl groups excluding tert-OH is 1. The molecular weight excluding hydrogens is 290 g/mol. The Hall–Kier alpha value is -1.72. The number of aliphatic hydroxyl groups is 1. The molecule has 1 N–H and O–H groups in total. The number of likely N-dealkylation sites (tertiary alicyclic amines) is 1. The number of nitrogens with zero attached hydrogens (tertiary/aromatic N) is 3. The highest BCUT2D eigenvalue weighted by Crippen LogP contribution is 2.34. The van der Waals surface area contributed by atoms with E-state index in [0.29, 0.717) is 11.9 Å². The van der Waals surface area contributed by atoms with Crippen LogP contribution in [0.4, 0.5) is 0 Å². The lowest BCUT2D eigenvalue weighted by Crippen LogP contribution is -2.42. The first-order valence-electron chi connectivity index (χ1n) is 8.36. The summed E-state index contributed by atoms with van der Waals surface area (Å²) in [6.07, 6.45) is 3.02. The van der Waals surface area contributed by atoms with Crippen LogP contribution in [0, 0.1) is 5.41 Å². The smallest absolute Gasteiger partial charge is 0.261 e. The predicted octanol–water partition coefficient (Wildman–Crippen LogP) is 1.92. The fourth-order valence-electron chi connectivity index (χ4n) is 3.41. The minimum Gasteiger partial charge on any atom is -0.396 e. The molecule has 1 saturated heterocycles. The van der Waals surface area contributed by atoms with Crippen LogP contribution in [0.2, 0.25) is 0 Å². The van der Waals surface area contributed by atoms with E-state index in [-0.39, 0.29) is 17.6 Å². The molecule has 5 nitrogen and oxygen atoms in total. The van der Waals surface area contributed by atoms with Crippen molar-refractivity contribution in [3.63, 3.8) is 0 Å². The lowest BCUT2D eigenvalue weighted by atomic mass is 9.77. The highest BCUT2D eigenvalue weighted by atomic mass is 16.3. The third kappa shape index (κ3) is 3.03. The fraction of sp³-hybridized carbons (Fsp3) is 0.556. The van der Waals surface area contributed by atoms with Gasteiger partial charge in [-0.2, -0.15) is 0 Å². The first kappa shape index (κ1) is 16.1. The third-order valence-corrected chi connectivity index (χ3v) is 5.44. The van der Waals surface area contributed by atoms with Crippen molar-refractivity contribution in [3.05, 3.63) is 40.4 Å². The molecule has 3 rings (SSSR count). The van der Waals surface area contributed by atoms with Gasteiger partial charge in [-0.25, -0.2) is 4.98 Å². The van der Waals surface area contributed by atoms with Crippen molar-refractivity contribution < 1.29 is 5.11 Å². The van der Waals surface area contributed by atoms with Crippen LogP contribution >= 0.6 is 0 Å². The second kappa shape index (κ2) is 6.42. The quantitative estimate of drug-likeness (QED) is 0.936. The van der Waals surface area contributed by atoms with E-state index in [1.807, 2.05) is 24.3 Å². The van der Waals surface area contributed by atoms with Crippen LogP contribution in [0.5, 0.6) is 0 Å². The minimum absolute atomic E-state index is 0.0147. The molecule has 0 amide bonds. The summed E-state index contributed by atoms with van der Waals surface area (Å²) in [6.45, 7) is 4.99. The van der Waals surface area contributed by atoms with Crippen LogP contribution in [0.15, 0.2) is 29.1 Å². The maximum absolute atomic E-state index is 12.5. The van der Waals surface area contributed by atoms with Gasteiger partial charge in [-0.05, 0) is 49.9 Å². The topological polar surface area (TPSA) is 58.4 Å². The van der Waals surface area contributed by atoms with Gasteiger partial charge in [0.1, 0.15) is 5.82 Å². The molecule has 2 heterocycles. The van der Waals surface area contributed by atoms with Gasteiger partial charge in [-0.1, -0.05) is 19.1 Å². The van der Waals surface area contributed by atoms with Crippen LogP contribution in [0.25, 0.3) is 10.9 Å². The van der Waals surface area contributed by atoms with Crippen molar-refractivity contribution in [2.45, 2.75) is 32.7 Å². The van der Waals surface area contributed by atoms with E-state index in [1.54, 1.807) is 11.6 Å². The Morgan fingerprint density at radius 2 is 1.96 bits per heavy atom. The second-order valence-electron chi connectivity index (χ2n) is 6.70. The molecule has 0 atom stereocenters. The van der Waals surface area contributed by atoms with Gasteiger partial charge in [-0.3, -0.25) is 14.3 Å². The highest BCUT2D eigenvalue weighted by Gasteiger charge is 2.32. The third-order valence-electron chi connectivity index (χ3n) is 5.44. The van der Waals surface area contributed by atoms with E-state index in [9.17, 15) is 9.90 Å². The Balaban J connectivity index is 1.81. The highest BCUT2D eigenvalue weighted by molar-refractivity contribution is 5.77. The number of aromatic nitrogens is 2. The molecule has 0 saturated carbocycles. The van der Waals surface area contributed by atoms with E-state index < -0.39 is 0 Å². The number of hydrogen-bond acceptors (Lipinski definition) is 4. The zero-order valence-electron chi connectivity index (χ0n) is 14.0. The van der Waals surface area contributed by atoms with Gasteiger partial charge in [0, 0.05) is 13.7 Å². The number of para-hydroxylation sites is 1. The summed E-state index contributed by atoms with van der Waals surface area (Å²) in [5.41, 5.74) is 0.862. The molecular formula is C18H25N3O2. The fourth-order valence-corrected chi connectivity index (χ4v) is 3.41. The Morgan fingerprint density at radius 1 is 1.26 bits per heavy atom. The van der Waals surface area contributed by atoms with Gasteiger partial charge in [-0.15, -0.1) is 0 Å². The van der Waals surface area contributed by atoms with Crippen molar-refractivity contribution in [3.8, 4) is 0 Å². The van der Waals surface area contributed by atoms with Crippen LogP contribution in [0.1, 0.15) is 32.0 Å². The van der Waals surface area contributed by atoms with Crippen molar-refractivity contribution in [1.82, 2.24) is 14.5 Å². The standard InChI is InChI=1S/C18H25N3O2/c1-3-18(13-22)8-10-21(11-9-18)12-16-19-15-7-5-4-6-14(15)17(23)20(16)2/h4-7,22H,3,8-13H2,1-2H3. The van der Waals surface area contributed by atoms with Crippen molar-refractivity contribution in [2.75, 3.05) is 19.7 Å². The molecule has 124 valence electrons. The molecule has 2 aromatic rings. The first-order valence-corrected chi connectivity index (χ1v) is 8.36. The molecule has 0 unspecified atom stereocenters. The number of fused-ring (bicyclic) bond motifs is 1. The zero-order chi connectivity index (χ0) is 16.4. The maximum Gasteiger partial charge on any atom is 0.261 e. The molecule has 0 spiro atoms. The van der Waals surface area contributed by atoms with E-state index in [4.69, 9.17) is 0 Å². The van der Waals surface area contributed by atoms with Gasteiger partial charge in [0.05, 0.1) is 17.4 Å². The predicted molar refractivity (Wildman–Crippen MR) is 91.3 cm³/mol. The summed E-state index contributed by atoms with van der Waals surface area (Å²) >= 11 is 0. The number of hydrogen-bond donors (Lipinski definition) is 1. The summed E-state index contributed by atoms with van der Waals surface area (Å²) in [4.78, 5) is 19.5. The second-order valence-corrected chi connectivity index (χ2v) is 6.70. The summed E-state index contributed by atoms with van der Waals surface area (Å²) in [5, 5.41) is 10.3. The van der Waals surface area contributed by atoms with Gasteiger partial charge in [0.15, 0.2) is 0 Å². The Bertz CT molecular complexity index is 740. The Kier molecular flexibility index (Phi) is 4.50. The van der Waals surface area contributed by atoms with Gasteiger partial charge in [0.25, 0.3) is 5.56 Å². The summed E-state index contributed by atoms with van der Waals surface area (Å²) in [7, 11) is 1.80. The molecule has 1 aliphatic rings. The van der Waals surface area contributed by atoms with E-state index in [1.165, 1.54) is 0 Å². The van der Waals surface area contributed by atoms with E-state index in [0.717, 1.165) is 43.7 Å². The van der Waals surface area contributed by atoms with E-state index in [2.05, 4.69) is 16.8 Å². The summed E-state index contributed by atoms with van der Waals surface area (Å²) in [6, 6.07) is 7.50. The molecule has 5 heteroatoms. The number of rotatable bonds is 4. The lowest BCUT2D eigenvalue weighted by Gasteiger charge is -2.40. The van der Waals surface area contributed by atoms with Gasteiger partial charge >= 0.3 is 0 Å². The molecule has 23 heavy (non-hydrogen) atoms. The maximum atomic E-state index is 12.5. The average Bonchev–Trinajstić information content (AvgIpc) is 2.60. The SMILES string of the molecule is CCC1(CO)CCN(Cc2nc3ccccc3c(=O)n2C)CC1. The lowest BCUT2D eigenvalue weighted by molar-refractivity contribution is 0.0370. The Morgan fingerprint density at radius 3 is 2.61 bits per heavy atom. The monoisotopic (exact) mass is 315 g/mol. The first-order chi connectivity index (χ1) is 11.1. The van der Waals surface area contributed by atoms with Crippen molar-refractivity contribution in [1.29, 1.82) is 0 Å². The number of piperidine rings is 1. The summed E-state index contributed by atoms with van der Waals surface area (Å²) in [5.74, 6) is 0.807. The summed E-state index contributed by atoms with van der Waals surface area (Å²) < 4.78 is 1.66.